The van der Waals surface area contributed by atoms with Crippen molar-refractivity contribution in [3.05, 3.63) is 0 Å². The van der Waals surface area contributed by atoms with Gasteiger partial charge in [-0.2, -0.15) is 0 Å². The number of rotatable bonds is 4. The molecule has 102 valence electrons. The Bertz CT molecular complexity index is 218. The molecule has 1 heterocycles. The number of piperidine rings is 1. The van der Waals surface area contributed by atoms with E-state index >= 15 is 0 Å². The van der Waals surface area contributed by atoms with Gasteiger partial charge >= 0.3 is 0 Å². The highest BCUT2D eigenvalue weighted by molar-refractivity contribution is 4.86. The smallest absolute Gasteiger partial charge is 0.0715 e. The molecule has 2 heteroatoms. The first kappa shape index (κ1) is 15.0. The molecule has 1 N–H and O–H groups in total. The van der Waals surface area contributed by atoms with E-state index in [0.717, 1.165) is 19.6 Å². The van der Waals surface area contributed by atoms with Gasteiger partial charge in [-0.3, -0.25) is 0 Å². The van der Waals surface area contributed by atoms with Crippen molar-refractivity contribution in [1.82, 2.24) is 4.90 Å². The maximum absolute atomic E-state index is 10.1. The minimum atomic E-state index is -0.210. The summed E-state index contributed by atoms with van der Waals surface area (Å²) in [6.07, 6.45) is 5.00. The molecule has 1 fully saturated rings. The lowest BCUT2D eigenvalue weighted by molar-refractivity contribution is 0.00545. The molecule has 17 heavy (non-hydrogen) atoms. The fraction of sp³-hybridized carbons (Fsp3) is 1.00. The standard InChI is InChI=1S/C15H31NO/c1-6-15(7-2)8-10-16(11-9-15)12-13(17)14(3,4)5/h13,17H,6-12H2,1-5H3. The van der Waals surface area contributed by atoms with Crippen LogP contribution in [0.5, 0.6) is 0 Å². The molecule has 1 saturated heterocycles. The number of hydrogen-bond acceptors (Lipinski definition) is 2. The average Bonchev–Trinajstić information content (AvgIpc) is 2.29. The molecule has 0 saturated carbocycles. The second kappa shape index (κ2) is 5.71. The molecule has 1 aliphatic heterocycles. The molecule has 0 aromatic heterocycles. The number of hydrogen-bond donors (Lipinski definition) is 1. The van der Waals surface area contributed by atoms with Crippen LogP contribution in [-0.4, -0.2) is 35.7 Å². The molecule has 0 bridgehead atoms. The van der Waals surface area contributed by atoms with Gasteiger partial charge in [0.1, 0.15) is 0 Å². The molecular formula is C15H31NO. The Morgan fingerprint density at radius 3 is 1.94 bits per heavy atom. The summed E-state index contributed by atoms with van der Waals surface area (Å²) in [6.45, 7) is 14.2. The summed E-state index contributed by atoms with van der Waals surface area (Å²) in [5.41, 5.74) is 0.591. The first-order valence-corrected chi connectivity index (χ1v) is 7.23. The molecule has 0 spiro atoms. The van der Waals surface area contributed by atoms with Crippen molar-refractivity contribution >= 4 is 0 Å². The van der Waals surface area contributed by atoms with Gasteiger partial charge in [0, 0.05) is 6.54 Å². The van der Waals surface area contributed by atoms with E-state index in [4.69, 9.17) is 0 Å². The Balaban J connectivity index is 2.42. The first-order valence-electron chi connectivity index (χ1n) is 7.23. The van der Waals surface area contributed by atoms with Crippen molar-refractivity contribution < 1.29 is 5.11 Å². The van der Waals surface area contributed by atoms with Gasteiger partial charge in [0.15, 0.2) is 0 Å². The highest BCUT2D eigenvalue weighted by Gasteiger charge is 2.33. The quantitative estimate of drug-likeness (QED) is 0.816. The maximum Gasteiger partial charge on any atom is 0.0715 e. The molecule has 1 atom stereocenters. The van der Waals surface area contributed by atoms with Gasteiger partial charge in [0.05, 0.1) is 6.10 Å². The van der Waals surface area contributed by atoms with Crippen LogP contribution in [0.3, 0.4) is 0 Å². The fourth-order valence-electron chi connectivity index (χ4n) is 2.69. The number of aliphatic hydroxyl groups is 1. The van der Waals surface area contributed by atoms with Gasteiger partial charge in [-0.15, -0.1) is 0 Å². The zero-order chi connectivity index (χ0) is 13.1. The summed E-state index contributed by atoms with van der Waals surface area (Å²) in [5.74, 6) is 0. The van der Waals surface area contributed by atoms with E-state index in [-0.39, 0.29) is 11.5 Å². The highest BCUT2D eigenvalue weighted by atomic mass is 16.3. The van der Waals surface area contributed by atoms with Crippen molar-refractivity contribution in [2.45, 2.75) is 66.4 Å². The summed E-state index contributed by atoms with van der Waals surface area (Å²) in [5, 5.41) is 10.1. The van der Waals surface area contributed by atoms with E-state index in [9.17, 15) is 5.11 Å². The van der Waals surface area contributed by atoms with Crippen molar-refractivity contribution in [2.24, 2.45) is 10.8 Å². The fourth-order valence-corrected chi connectivity index (χ4v) is 2.69. The Morgan fingerprint density at radius 2 is 1.59 bits per heavy atom. The van der Waals surface area contributed by atoms with Crippen LogP contribution in [0, 0.1) is 10.8 Å². The molecule has 1 unspecified atom stereocenters. The number of nitrogens with zero attached hydrogens (tertiary/aromatic N) is 1. The largest absolute Gasteiger partial charge is 0.391 e. The third kappa shape index (κ3) is 3.96. The second-order valence-corrected chi connectivity index (χ2v) is 6.89. The molecule has 0 aliphatic carbocycles. The van der Waals surface area contributed by atoms with E-state index < -0.39 is 0 Å². The van der Waals surface area contributed by atoms with E-state index in [2.05, 4.69) is 39.5 Å². The van der Waals surface area contributed by atoms with Gasteiger partial charge in [-0.1, -0.05) is 47.5 Å². The Morgan fingerprint density at radius 1 is 1.12 bits per heavy atom. The van der Waals surface area contributed by atoms with Crippen molar-refractivity contribution in [2.75, 3.05) is 19.6 Å². The number of β-amino-alcohol motifs (C(OH)–C–C–N with tert-alkyl or cyclic N) is 1. The minimum Gasteiger partial charge on any atom is -0.391 e. The maximum atomic E-state index is 10.1. The van der Waals surface area contributed by atoms with Crippen LogP contribution in [0.1, 0.15) is 60.3 Å². The average molecular weight is 241 g/mol. The van der Waals surface area contributed by atoms with Crippen LogP contribution in [0.2, 0.25) is 0 Å². The third-order valence-corrected chi connectivity index (χ3v) is 4.85. The van der Waals surface area contributed by atoms with Crippen LogP contribution in [0.25, 0.3) is 0 Å². The van der Waals surface area contributed by atoms with Gasteiger partial charge in [-0.05, 0) is 36.8 Å². The van der Waals surface area contributed by atoms with Crippen LogP contribution in [-0.2, 0) is 0 Å². The van der Waals surface area contributed by atoms with Crippen LogP contribution in [0.15, 0.2) is 0 Å². The number of likely N-dealkylation sites (tertiary alicyclic amines) is 1. The predicted molar refractivity (Wildman–Crippen MR) is 74.2 cm³/mol. The topological polar surface area (TPSA) is 23.5 Å². The number of aliphatic hydroxyl groups excluding tert-OH is 1. The Labute approximate surface area is 107 Å². The van der Waals surface area contributed by atoms with Crippen molar-refractivity contribution in [3.63, 3.8) is 0 Å². The van der Waals surface area contributed by atoms with Crippen LogP contribution >= 0.6 is 0 Å². The molecule has 2 nitrogen and oxygen atoms in total. The summed E-state index contributed by atoms with van der Waals surface area (Å²) in [6, 6.07) is 0. The van der Waals surface area contributed by atoms with Crippen LogP contribution < -0.4 is 0 Å². The van der Waals surface area contributed by atoms with Gasteiger partial charge in [0.2, 0.25) is 0 Å². The summed E-state index contributed by atoms with van der Waals surface area (Å²) < 4.78 is 0. The molecule has 0 amide bonds. The van der Waals surface area contributed by atoms with Crippen molar-refractivity contribution in [3.8, 4) is 0 Å². The van der Waals surface area contributed by atoms with Gasteiger partial charge < -0.3 is 10.0 Å². The Kier molecular flexibility index (Phi) is 5.03. The minimum absolute atomic E-state index is 0.00402. The third-order valence-electron chi connectivity index (χ3n) is 4.85. The van der Waals surface area contributed by atoms with E-state index in [1.54, 1.807) is 0 Å². The second-order valence-electron chi connectivity index (χ2n) is 6.89. The predicted octanol–water partition coefficient (Wildman–Crippen LogP) is 3.30. The molecular weight excluding hydrogens is 210 g/mol. The molecule has 1 aliphatic rings. The Hall–Kier alpha value is -0.0800. The zero-order valence-electron chi connectivity index (χ0n) is 12.4. The normalized spacial score (nSPS) is 23.6. The van der Waals surface area contributed by atoms with Crippen LogP contribution in [0.4, 0.5) is 0 Å². The van der Waals surface area contributed by atoms with E-state index in [1.807, 2.05) is 0 Å². The van der Waals surface area contributed by atoms with E-state index in [1.165, 1.54) is 25.7 Å². The van der Waals surface area contributed by atoms with Gasteiger partial charge in [-0.25, -0.2) is 0 Å². The summed E-state index contributed by atoms with van der Waals surface area (Å²) >= 11 is 0. The summed E-state index contributed by atoms with van der Waals surface area (Å²) in [4.78, 5) is 2.44. The van der Waals surface area contributed by atoms with Gasteiger partial charge in [0.25, 0.3) is 0 Å². The monoisotopic (exact) mass is 241 g/mol. The lowest BCUT2D eigenvalue weighted by Gasteiger charge is -2.42. The zero-order valence-corrected chi connectivity index (χ0v) is 12.4. The molecule has 0 aromatic rings. The highest BCUT2D eigenvalue weighted by Crippen LogP contribution is 2.38. The van der Waals surface area contributed by atoms with Crippen molar-refractivity contribution in [1.29, 1.82) is 0 Å². The molecule has 0 radical (unpaired) electrons. The SMILES string of the molecule is CCC1(CC)CCN(CC(O)C(C)(C)C)CC1. The summed E-state index contributed by atoms with van der Waals surface area (Å²) in [7, 11) is 0. The lowest BCUT2D eigenvalue weighted by Crippen LogP contribution is -2.45. The van der Waals surface area contributed by atoms with E-state index in [0.29, 0.717) is 5.41 Å². The lowest BCUT2D eigenvalue weighted by atomic mass is 9.74. The first-order chi connectivity index (χ1) is 7.83. The molecule has 1 rings (SSSR count). The molecule has 0 aromatic carbocycles.